The lowest BCUT2D eigenvalue weighted by Crippen LogP contribution is -2.23. The monoisotopic (exact) mass is 409 g/mol. The van der Waals surface area contributed by atoms with Gasteiger partial charge in [0, 0.05) is 11.4 Å². The lowest BCUT2D eigenvalue weighted by atomic mass is 10.2. The summed E-state index contributed by atoms with van der Waals surface area (Å²) in [5.41, 5.74) is 2.98. The molecule has 0 saturated carbocycles. The van der Waals surface area contributed by atoms with Gasteiger partial charge in [0.1, 0.15) is 0 Å². The Morgan fingerprint density at radius 1 is 1.14 bits per heavy atom. The van der Waals surface area contributed by atoms with Crippen LogP contribution in [0.25, 0.3) is 0 Å². The Kier molecular flexibility index (Phi) is 7.08. The molecule has 150 valence electrons. The highest BCUT2D eigenvalue weighted by atomic mass is 32.2. The molecule has 0 aromatic heterocycles. The van der Waals surface area contributed by atoms with Crippen LogP contribution in [0.3, 0.4) is 0 Å². The number of rotatable bonds is 6. The van der Waals surface area contributed by atoms with Crippen molar-refractivity contribution in [1.82, 2.24) is 0 Å². The van der Waals surface area contributed by atoms with Gasteiger partial charge in [0.2, 0.25) is 5.91 Å². The van der Waals surface area contributed by atoms with Gasteiger partial charge in [-0.15, -0.1) is 0 Å². The first kappa shape index (κ1) is 20.7. The van der Waals surface area contributed by atoms with Gasteiger partial charge in [0.25, 0.3) is 0 Å². The van der Waals surface area contributed by atoms with Crippen molar-refractivity contribution >= 4 is 45.7 Å². The summed E-state index contributed by atoms with van der Waals surface area (Å²) in [6.45, 7) is 3.93. The van der Waals surface area contributed by atoms with Gasteiger partial charge in [-0.25, -0.2) is 4.99 Å². The SMILES string of the molecule is CCOC(=O)CC1=CC(S[C@@H](C)C(=O)Nc2ccccc2)=Nc2ccccc2N1. The number of nitrogens with one attached hydrogen (secondary N) is 2. The van der Waals surface area contributed by atoms with Crippen molar-refractivity contribution in [3.8, 4) is 0 Å². The minimum absolute atomic E-state index is 0.104. The van der Waals surface area contributed by atoms with Gasteiger partial charge >= 0.3 is 5.97 Å². The van der Waals surface area contributed by atoms with Crippen LogP contribution in [-0.2, 0) is 14.3 Å². The molecule has 1 heterocycles. The highest BCUT2D eigenvalue weighted by Gasteiger charge is 2.20. The summed E-state index contributed by atoms with van der Waals surface area (Å²) in [7, 11) is 0. The van der Waals surface area contributed by atoms with Crippen LogP contribution in [0.15, 0.2) is 71.4 Å². The second-order valence-electron chi connectivity index (χ2n) is 6.36. The summed E-state index contributed by atoms with van der Waals surface area (Å²) in [5.74, 6) is -0.431. The molecule has 1 amide bonds. The number of carbonyl (C=O) groups excluding carboxylic acids is 2. The summed E-state index contributed by atoms with van der Waals surface area (Å²) in [5, 5.41) is 6.43. The van der Waals surface area contributed by atoms with Gasteiger partial charge in [-0.05, 0) is 44.2 Å². The molecule has 29 heavy (non-hydrogen) atoms. The van der Waals surface area contributed by atoms with E-state index in [9.17, 15) is 9.59 Å². The Bertz CT molecular complexity index is 941. The molecule has 0 fully saturated rings. The molecule has 3 rings (SSSR count). The molecule has 7 heteroatoms. The number of amides is 1. The number of aliphatic imine (C=N–C) groups is 1. The van der Waals surface area contributed by atoms with E-state index < -0.39 is 0 Å². The minimum Gasteiger partial charge on any atom is -0.466 e. The molecule has 0 bridgehead atoms. The fourth-order valence-electron chi connectivity index (χ4n) is 2.71. The number of fused-ring (bicyclic) bond motifs is 1. The number of carbonyl (C=O) groups is 2. The molecule has 0 radical (unpaired) electrons. The van der Waals surface area contributed by atoms with Crippen molar-refractivity contribution in [3.63, 3.8) is 0 Å². The van der Waals surface area contributed by atoms with E-state index in [0.29, 0.717) is 17.3 Å². The normalized spacial score (nSPS) is 13.7. The third-order valence-electron chi connectivity index (χ3n) is 4.08. The van der Waals surface area contributed by atoms with Crippen LogP contribution >= 0.6 is 11.8 Å². The largest absolute Gasteiger partial charge is 0.466 e. The van der Waals surface area contributed by atoms with Crippen LogP contribution in [0.5, 0.6) is 0 Å². The van der Waals surface area contributed by atoms with E-state index in [-0.39, 0.29) is 23.5 Å². The lowest BCUT2D eigenvalue weighted by molar-refractivity contribution is -0.142. The van der Waals surface area contributed by atoms with E-state index in [0.717, 1.165) is 17.1 Å². The van der Waals surface area contributed by atoms with Crippen molar-refractivity contribution in [2.45, 2.75) is 25.5 Å². The van der Waals surface area contributed by atoms with Crippen LogP contribution in [0.2, 0.25) is 0 Å². The number of ether oxygens (including phenoxy) is 1. The van der Waals surface area contributed by atoms with E-state index in [1.807, 2.05) is 61.5 Å². The maximum Gasteiger partial charge on any atom is 0.311 e. The molecule has 2 aromatic rings. The van der Waals surface area contributed by atoms with Crippen molar-refractivity contribution in [1.29, 1.82) is 0 Å². The lowest BCUT2D eigenvalue weighted by Gasteiger charge is -2.12. The molecule has 0 aliphatic carbocycles. The number of benzene rings is 2. The number of nitrogens with zero attached hydrogens (tertiary/aromatic N) is 1. The quantitative estimate of drug-likeness (QED) is 0.674. The maximum absolute atomic E-state index is 12.6. The topological polar surface area (TPSA) is 79.8 Å². The zero-order chi connectivity index (χ0) is 20.6. The first-order chi connectivity index (χ1) is 14.0. The summed E-state index contributed by atoms with van der Waals surface area (Å²) >= 11 is 1.34. The number of hydrogen-bond donors (Lipinski definition) is 2. The Balaban J connectivity index is 1.77. The van der Waals surface area contributed by atoms with E-state index in [1.54, 1.807) is 13.0 Å². The molecule has 0 spiro atoms. The van der Waals surface area contributed by atoms with Gasteiger partial charge in [-0.1, -0.05) is 42.1 Å². The van der Waals surface area contributed by atoms with E-state index in [4.69, 9.17) is 4.74 Å². The van der Waals surface area contributed by atoms with Gasteiger partial charge in [0.15, 0.2) is 0 Å². The number of hydrogen-bond acceptors (Lipinski definition) is 6. The average molecular weight is 410 g/mol. The van der Waals surface area contributed by atoms with Crippen molar-refractivity contribution < 1.29 is 14.3 Å². The highest BCUT2D eigenvalue weighted by molar-refractivity contribution is 8.15. The van der Waals surface area contributed by atoms with Crippen molar-refractivity contribution in [2.75, 3.05) is 17.2 Å². The van der Waals surface area contributed by atoms with Crippen molar-refractivity contribution in [2.24, 2.45) is 4.99 Å². The first-order valence-electron chi connectivity index (χ1n) is 9.38. The van der Waals surface area contributed by atoms with E-state index in [1.165, 1.54) is 11.8 Å². The fraction of sp³-hybridized carbons (Fsp3) is 0.227. The molecule has 2 aromatic carbocycles. The van der Waals surface area contributed by atoms with Gasteiger partial charge in [0.05, 0.1) is 34.7 Å². The van der Waals surface area contributed by atoms with Crippen LogP contribution in [0.1, 0.15) is 20.3 Å². The smallest absolute Gasteiger partial charge is 0.311 e. The molecule has 1 aliphatic heterocycles. The third kappa shape index (κ3) is 5.96. The standard InChI is InChI=1S/C22H23N3O3S/c1-3-28-21(26)14-17-13-20(25-19-12-8-7-11-18(19)23-17)29-15(2)22(27)24-16-9-5-4-6-10-16/h4-13,15,23H,3,14H2,1-2H3,(H,24,27)/t15-/m0/s1. The number of thioether (sulfide) groups is 1. The highest BCUT2D eigenvalue weighted by Crippen LogP contribution is 2.32. The van der Waals surface area contributed by atoms with Crippen molar-refractivity contribution in [3.05, 3.63) is 66.4 Å². The Hall–Kier alpha value is -3.06. The molecule has 1 aliphatic rings. The Morgan fingerprint density at radius 2 is 1.86 bits per heavy atom. The molecular formula is C22H23N3O3S. The predicted molar refractivity (Wildman–Crippen MR) is 119 cm³/mol. The van der Waals surface area contributed by atoms with Crippen LogP contribution in [0, 0.1) is 0 Å². The molecular weight excluding hydrogens is 386 g/mol. The predicted octanol–water partition coefficient (Wildman–Crippen LogP) is 4.74. The van der Waals surface area contributed by atoms with E-state index >= 15 is 0 Å². The second kappa shape index (κ2) is 9.93. The zero-order valence-electron chi connectivity index (χ0n) is 16.3. The average Bonchev–Trinajstić information content (AvgIpc) is 2.87. The summed E-state index contributed by atoms with van der Waals surface area (Å²) < 4.78 is 5.06. The van der Waals surface area contributed by atoms with Crippen LogP contribution < -0.4 is 10.6 Å². The number of anilines is 2. The maximum atomic E-state index is 12.6. The van der Waals surface area contributed by atoms with Gasteiger partial charge in [-0.3, -0.25) is 9.59 Å². The summed E-state index contributed by atoms with van der Waals surface area (Å²) in [6.07, 6.45) is 1.90. The van der Waals surface area contributed by atoms with Gasteiger partial charge in [-0.2, -0.15) is 0 Å². The summed E-state index contributed by atoms with van der Waals surface area (Å²) in [6, 6.07) is 16.9. The molecule has 6 nitrogen and oxygen atoms in total. The van der Waals surface area contributed by atoms with Gasteiger partial charge < -0.3 is 15.4 Å². The summed E-state index contributed by atoms with van der Waals surface area (Å²) in [4.78, 5) is 29.2. The minimum atomic E-state index is -0.376. The number of esters is 1. The molecule has 1 atom stereocenters. The van der Waals surface area contributed by atoms with Crippen LogP contribution in [-0.4, -0.2) is 28.8 Å². The molecule has 0 saturated heterocycles. The first-order valence-corrected chi connectivity index (χ1v) is 10.3. The van der Waals surface area contributed by atoms with E-state index in [2.05, 4.69) is 15.6 Å². The van der Waals surface area contributed by atoms with Crippen LogP contribution in [0.4, 0.5) is 17.1 Å². The molecule has 0 unspecified atom stereocenters. The Labute approximate surface area is 174 Å². The number of para-hydroxylation sites is 3. The zero-order valence-corrected chi connectivity index (χ0v) is 17.2. The third-order valence-corrected chi connectivity index (χ3v) is 5.09. The second-order valence-corrected chi connectivity index (χ2v) is 7.72. The molecule has 2 N–H and O–H groups in total. The Morgan fingerprint density at radius 3 is 2.62 bits per heavy atom. The fourth-order valence-corrected chi connectivity index (χ4v) is 3.60.